The third-order valence-electron chi connectivity index (χ3n) is 3.72. The molecule has 2 aromatic carbocycles. The van der Waals surface area contributed by atoms with Gasteiger partial charge in [-0.25, -0.2) is 0 Å². The second-order valence-electron chi connectivity index (χ2n) is 4.86. The highest BCUT2D eigenvalue weighted by Crippen LogP contribution is 2.34. The molecule has 3 rings (SSSR count). The van der Waals surface area contributed by atoms with Crippen LogP contribution in [0, 0.1) is 0 Å². The maximum Gasteiger partial charge on any atom is 0.119 e. The van der Waals surface area contributed by atoms with Crippen LogP contribution in [0.5, 0.6) is 5.75 Å². The molecule has 18 heavy (non-hydrogen) atoms. The molecule has 1 fully saturated rings. The molecule has 3 heteroatoms. The number of fused-ring (bicyclic) bond motifs is 1. The Morgan fingerprint density at radius 2 is 1.89 bits per heavy atom. The van der Waals surface area contributed by atoms with Crippen molar-refractivity contribution in [1.82, 2.24) is 0 Å². The topological polar surface area (TPSA) is 38.7 Å². The van der Waals surface area contributed by atoms with Crippen LogP contribution in [0.1, 0.15) is 5.56 Å². The van der Waals surface area contributed by atoms with Gasteiger partial charge >= 0.3 is 0 Å². The maximum atomic E-state index is 9.54. The average Bonchev–Trinajstić information content (AvgIpc) is 2.37. The summed E-state index contributed by atoms with van der Waals surface area (Å²) in [5.74, 6) is 0.860. The fourth-order valence-corrected chi connectivity index (χ4v) is 2.38. The lowest BCUT2D eigenvalue weighted by Crippen LogP contribution is -2.49. The fourth-order valence-electron chi connectivity index (χ4n) is 2.38. The van der Waals surface area contributed by atoms with E-state index in [9.17, 15) is 5.11 Å². The van der Waals surface area contributed by atoms with Crippen LogP contribution in [0.2, 0.25) is 0 Å². The Kier molecular flexibility index (Phi) is 2.73. The minimum absolute atomic E-state index is 0.134. The van der Waals surface area contributed by atoms with E-state index in [1.54, 1.807) is 7.11 Å². The number of hydrogen-bond donors (Lipinski definition) is 1. The summed E-state index contributed by atoms with van der Waals surface area (Å²) in [7, 11) is 1.67. The Morgan fingerprint density at radius 1 is 1.17 bits per heavy atom. The van der Waals surface area contributed by atoms with E-state index >= 15 is 0 Å². The summed E-state index contributed by atoms with van der Waals surface area (Å²) in [6.07, 6.45) is 0. The minimum Gasteiger partial charge on any atom is -0.497 e. The highest BCUT2D eigenvalue weighted by atomic mass is 16.5. The van der Waals surface area contributed by atoms with Crippen molar-refractivity contribution in [2.45, 2.75) is 5.41 Å². The molecule has 0 aromatic heterocycles. The molecular weight excluding hydrogens is 228 g/mol. The Morgan fingerprint density at radius 3 is 2.50 bits per heavy atom. The smallest absolute Gasteiger partial charge is 0.119 e. The van der Waals surface area contributed by atoms with Gasteiger partial charge in [-0.15, -0.1) is 0 Å². The molecule has 1 aliphatic heterocycles. The van der Waals surface area contributed by atoms with Crippen molar-refractivity contribution in [3.8, 4) is 5.75 Å². The average molecular weight is 244 g/mol. The summed E-state index contributed by atoms with van der Waals surface area (Å²) in [5.41, 5.74) is 0.947. The summed E-state index contributed by atoms with van der Waals surface area (Å²) in [6.45, 7) is 1.34. The van der Waals surface area contributed by atoms with E-state index in [0.717, 1.165) is 22.1 Å². The van der Waals surface area contributed by atoms with Crippen LogP contribution in [-0.4, -0.2) is 32.0 Å². The number of ether oxygens (including phenoxy) is 2. The van der Waals surface area contributed by atoms with E-state index in [-0.39, 0.29) is 12.0 Å². The Balaban J connectivity index is 2.06. The van der Waals surface area contributed by atoms with Gasteiger partial charge in [-0.2, -0.15) is 0 Å². The standard InChI is InChI=1S/C15H16O3/c1-17-14-5-3-11-6-13(4-2-12(11)7-14)15(8-16)9-18-10-15/h2-7,16H,8-10H2,1H3. The third kappa shape index (κ3) is 1.67. The van der Waals surface area contributed by atoms with Gasteiger partial charge in [0.2, 0.25) is 0 Å². The lowest BCUT2D eigenvalue weighted by molar-refractivity contribution is -0.0841. The van der Waals surface area contributed by atoms with Crippen LogP contribution < -0.4 is 4.74 Å². The lowest BCUT2D eigenvalue weighted by atomic mass is 9.79. The molecule has 0 aliphatic carbocycles. The van der Waals surface area contributed by atoms with Crippen LogP contribution in [0.4, 0.5) is 0 Å². The van der Waals surface area contributed by atoms with Crippen molar-refractivity contribution in [1.29, 1.82) is 0 Å². The zero-order chi connectivity index (χ0) is 12.6. The number of rotatable bonds is 3. The molecule has 0 bridgehead atoms. The Labute approximate surface area is 106 Å². The van der Waals surface area contributed by atoms with Crippen LogP contribution >= 0.6 is 0 Å². The highest BCUT2D eigenvalue weighted by molar-refractivity contribution is 5.84. The van der Waals surface area contributed by atoms with Crippen molar-refractivity contribution in [2.75, 3.05) is 26.9 Å². The Bertz CT molecular complexity index is 567. The number of methoxy groups -OCH3 is 1. The molecule has 3 nitrogen and oxygen atoms in total. The first kappa shape index (κ1) is 11.5. The van der Waals surface area contributed by atoms with Crippen molar-refractivity contribution in [3.63, 3.8) is 0 Å². The Hall–Kier alpha value is -1.58. The second-order valence-corrected chi connectivity index (χ2v) is 4.86. The van der Waals surface area contributed by atoms with Crippen molar-refractivity contribution in [2.24, 2.45) is 0 Å². The maximum absolute atomic E-state index is 9.54. The van der Waals surface area contributed by atoms with E-state index in [4.69, 9.17) is 9.47 Å². The van der Waals surface area contributed by atoms with Gasteiger partial charge in [0.15, 0.2) is 0 Å². The van der Waals surface area contributed by atoms with Gasteiger partial charge in [-0.05, 0) is 28.5 Å². The van der Waals surface area contributed by atoms with Gasteiger partial charge in [0.25, 0.3) is 0 Å². The van der Waals surface area contributed by atoms with Gasteiger partial charge in [0.05, 0.1) is 32.3 Å². The molecule has 1 saturated heterocycles. The van der Waals surface area contributed by atoms with E-state index in [2.05, 4.69) is 18.2 Å². The highest BCUT2D eigenvalue weighted by Gasteiger charge is 2.39. The van der Waals surface area contributed by atoms with Crippen molar-refractivity contribution >= 4 is 10.8 Å². The molecule has 0 saturated carbocycles. The zero-order valence-electron chi connectivity index (χ0n) is 10.3. The first-order valence-electron chi connectivity index (χ1n) is 6.04. The number of benzene rings is 2. The predicted molar refractivity (Wildman–Crippen MR) is 70.1 cm³/mol. The van der Waals surface area contributed by atoms with Gasteiger partial charge in [0.1, 0.15) is 5.75 Å². The quantitative estimate of drug-likeness (QED) is 0.898. The molecular formula is C15H16O3. The van der Waals surface area contributed by atoms with Crippen LogP contribution in [0.3, 0.4) is 0 Å². The van der Waals surface area contributed by atoms with Crippen LogP contribution in [0.25, 0.3) is 10.8 Å². The molecule has 94 valence electrons. The summed E-state index contributed by atoms with van der Waals surface area (Å²) in [6, 6.07) is 12.3. The SMILES string of the molecule is COc1ccc2cc(C3(CO)COC3)ccc2c1. The lowest BCUT2D eigenvalue weighted by Gasteiger charge is -2.40. The summed E-state index contributed by atoms with van der Waals surface area (Å²) < 4.78 is 10.5. The van der Waals surface area contributed by atoms with Gasteiger partial charge in [0, 0.05) is 0 Å². The first-order valence-corrected chi connectivity index (χ1v) is 6.04. The second kappa shape index (κ2) is 4.26. The zero-order valence-corrected chi connectivity index (χ0v) is 10.3. The molecule has 1 heterocycles. The molecule has 0 amide bonds. The molecule has 0 unspecified atom stereocenters. The van der Waals surface area contributed by atoms with Crippen molar-refractivity contribution in [3.05, 3.63) is 42.0 Å². The first-order chi connectivity index (χ1) is 8.77. The van der Waals surface area contributed by atoms with E-state index in [1.165, 1.54) is 0 Å². The van der Waals surface area contributed by atoms with E-state index < -0.39 is 0 Å². The third-order valence-corrected chi connectivity index (χ3v) is 3.72. The van der Waals surface area contributed by atoms with Gasteiger partial charge < -0.3 is 14.6 Å². The number of aliphatic hydroxyl groups excluding tert-OH is 1. The fraction of sp³-hybridized carbons (Fsp3) is 0.333. The molecule has 1 N–H and O–H groups in total. The summed E-state index contributed by atoms with van der Waals surface area (Å²) in [5, 5.41) is 11.8. The van der Waals surface area contributed by atoms with E-state index in [1.807, 2.05) is 18.2 Å². The van der Waals surface area contributed by atoms with E-state index in [0.29, 0.717) is 13.2 Å². The van der Waals surface area contributed by atoms with Crippen LogP contribution in [-0.2, 0) is 10.2 Å². The normalized spacial score (nSPS) is 17.4. The minimum atomic E-state index is -0.200. The van der Waals surface area contributed by atoms with Crippen LogP contribution in [0.15, 0.2) is 36.4 Å². The summed E-state index contributed by atoms with van der Waals surface area (Å²) in [4.78, 5) is 0. The molecule has 0 radical (unpaired) electrons. The molecule has 0 spiro atoms. The predicted octanol–water partition coefficient (Wildman–Crippen LogP) is 2.11. The van der Waals surface area contributed by atoms with Crippen molar-refractivity contribution < 1.29 is 14.6 Å². The largest absolute Gasteiger partial charge is 0.497 e. The number of aliphatic hydroxyl groups is 1. The molecule has 0 atom stereocenters. The molecule has 2 aromatic rings. The number of hydrogen-bond acceptors (Lipinski definition) is 3. The van der Waals surface area contributed by atoms with Gasteiger partial charge in [-0.3, -0.25) is 0 Å². The monoisotopic (exact) mass is 244 g/mol. The summed E-state index contributed by atoms with van der Waals surface area (Å²) >= 11 is 0. The molecule has 1 aliphatic rings. The van der Waals surface area contributed by atoms with Gasteiger partial charge in [-0.1, -0.05) is 24.3 Å².